The summed E-state index contributed by atoms with van der Waals surface area (Å²) >= 11 is 0. The minimum Gasteiger partial charge on any atom is -0.0614 e. The molecular formula is C41H42. The van der Waals surface area contributed by atoms with Crippen LogP contribution in [0.2, 0.25) is 0 Å². The summed E-state index contributed by atoms with van der Waals surface area (Å²) in [5.41, 5.74) is 14.5. The summed E-state index contributed by atoms with van der Waals surface area (Å²) in [6, 6.07) is 45.5. The molecule has 0 nitrogen and oxygen atoms in total. The number of fused-ring (bicyclic) bond motifs is 1. The van der Waals surface area contributed by atoms with Crippen molar-refractivity contribution in [3.63, 3.8) is 0 Å². The molecule has 6 aromatic carbocycles. The lowest BCUT2D eigenvalue weighted by Gasteiger charge is -2.07. The van der Waals surface area contributed by atoms with Crippen molar-refractivity contribution in [1.29, 1.82) is 0 Å². The highest BCUT2D eigenvalue weighted by molar-refractivity contribution is 5.88. The smallest absolute Gasteiger partial charge is 0.0152 e. The average Bonchev–Trinajstić information content (AvgIpc) is 2.96. The Balaban J connectivity index is 0.000000142. The maximum atomic E-state index is 2.23. The normalized spacial score (nSPS) is 10.3. The lowest BCUT2D eigenvalue weighted by Crippen LogP contribution is -1.84. The zero-order valence-corrected chi connectivity index (χ0v) is 25.6. The van der Waals surface area contributed by atoms with E-state index in [1.165, 1.54) is 72.0 Å². The van der Waals surface area contributed by atoms with Crippen LogP contribution < -0.4 is 0 Å². The molecule has 0 fully saturated rings. The quantitative estimate of drug-likeness (QED) is 0.207. The van der Waals surface area contributed by atoms with E-state index in [-0.39, 0.29) is 0 Å². The summed E-state index contributed by atoms with van der Waals surface area (Å²) in [6.45, 7) is 14.9. The van der Waals surface area contributed by atoms with Gasteiger partial charge in [0.05, 0.1) is 0 Å². The molecular weight excluding hydrogens is 492 g/mol. The van der Waals surface area contributed by atoms with Gasteiger partial charge in [-0.15, -0.1) is 0 Å². The SMILES string of the molecule is Cc1ccc(-c2ccc(C)cc2)cc1.Cc1ccc(-c2ccc(C)cc2C)cc1.Cc1cccc2c(C)cccc12. The van der Waals surface area contributed by atoms with Gasteiger partial charge in [-0.2, -0.15) is 0 Å². The first-order valence-electron chi connectivity index (χ1n) is 14.4. The van der Waals surface area contributed by atoms with Gasteiger partial charge in [-0.05, 0) is 98.2 Å². The van der Waals surface area contributed by atoms with Crippen LogP contribution in [-0.2, 0) is 0 Å². The first-order valence-corrected chi connectivity index (χ1v) is 14.4. The van der Waals surface area contributed by atoms with Crippen molar-refractivity contribution < 1.29 is 0 Å². The van der Waals surface area contributed by atoms with E-state index in [9.17, 15) is 0 Å². The highest BCUT2D eigenvalue weighted by atomic mass is 14.1. The van der Waals surface area contributed by atoms with Crippen molar-refractivity contribution in [2.24, 2.45) is 0 Å². The van der Waals surface area contributed by atoms with Crippen molar-refractivity contribution >= 4 is 10.8 Å². The first-order chi connectivity index (χ1) is 19.7. The Bertz CT molecular complexity index is 1620. The predicted molar refractivity (Wildman–Crippen MR) is 181 cm³/mol. The summed E-state index contributed by atoms with van der Waals surface area (Å²) < 4.78 is 0. The molecule has 0 heterocycles. The van der Waals surface area contributed by atoms with Gasteiger partial charge >= 0.3 is 0 Å². The highest BCUT2D eigenvalue weighted by Crippen LogP contribution is 2.24. The molecule has 0 heteroatoms. The fraction of sp³-hybridized carbons (Fsp3) is 0.171. The Morgan fingerprint density at radius 2 is 0.659 bits per heavy atom. The predicted octanol–water partition coefficient (Wildman–Crippen LogP) is 11.7. The van der Waals surface area contributed by atoms with E-state index in [1.807, 2.05) is 0 Å². The Morgan fingerprint density at radius 3 is 1.05 bits per heavy atom. The largest absolute Gasteiger partial charge is 0.0614 e. The van der Waals surface area contributed by atoms with Crippen molar-refractivity contribution in [1.82, 2.24) is 0 Å². The first kappa shape index (κ1) is 29.6. The highest BCUT2D eigenvalue weighted by Gasteiger charge is 2.01. The minimum atomic E-state index is 1.29. The molecule has 0 saturated heterocycles. The van der Waals surface area contributed by atoms with Crippen molar-refractivity contribution in [3.8, 4) is 22.3 Å². The fourth-order valence-corrected chi connectivity index (χ4v) is 4.99. The van der Waals surface area contributed by atoms with Crippen LogP contribution in [0.3, 0.4) is 0 Å². The Kier molecular flexibility index (Phi) is 9.93. The van der Waals surface area contributed by atoms with Crippen molar-refractivity contribution in [2.75, 3.05) is 0 Å². The van der Waals surface area contributed by atoms with Crippen LogP contribution in [0.1, 0.15) is 38.9 Å². The zero-order chi connectivity index (χ0) is 29.4. The molecule has 0 saturated carbocycles. The van der Waals surface area contributed by atoms with Gasteiger partial charge in [0.1, 0.15) is 0 Å². The zero-order valence-electron chi connectivity index (χ0n) is 25.6. The Morgan fingerprint density at radius 1 is 0.293 bits per heavy atom. The number of aryl methyl sites for hydroxylation is 7. The van der Waals surface area contributed by atoms with E-state index >= 15 is 0 Å². The van der Waals surface area contributed by atoms with Gasteiger partial charge < -0.3 is 0 Å². The molecule has 6 rings (SSSR count). The summed E-state index contributed by atoms with van der Waals surface area (Å²) in [5, 5.41) is 2.75. The van der Waals surface area contributed by atoms with E-state index in [1.54, 1.807) is 0 Å². The molecule has 0 aliphatic heterocycles. The molecule has 6 aromatic rings. The second kappa shape index (κ2) is 13.8. The molecule has 0 aliphatic rings. The molecule has 0 N–H and O–H groups in total. The summed E-state index contributed by atoms with van der Waals surface area (Å²) in [4.78, 5) is 0. The molecule has 0 radical (unpaired) electrons. The molecule has 0 aromatic heterocycles. The summed E-state index contributed by atoms with van der Waals surface area (Å²) in [5.74, 6) is 0. The van der Waals surface area contributed by atoms with Crippen LogP contribution in [0.15, 0.2) is 127 Å². The third kappa shape index (κ3) is 8.05. The standard InChI is InChI=1S/C15H16.C14H14.C12H12/c1-11-4-7-14(8-5-11)15-9-6-12(2)10-13(15)3;1-11-3-7-13(8-4-11)14-9-5-12(2)6-10-14;1-9-5-3-8-12-10(2)6-4-7-11(9)12/h4-10H,1-3H3;3-10H,1-2H3;3-8H,1-2H3. The van der Waals surface area contributed by atoms with Crippen LogP contribution >= 0.6 is 0 Å². The van der Waals surface area contributed by atoms with E-state index in [0.29, 0.717) is 0 Å². The van der Waals surface area contributed by atoms with Crippen LogP contribution in [0, 0.1) is 48.5 Å². The summed E-state index contributed by atoms with van der Waals surface area (Å²) in [7, 11) is 0. The monoisotopic (exact) mass is 534 g/mol. The number of benzene rings is 6. The minimum absolute atomic E-state index is 1.29. The Labute approximate surface area is 247 Å². The molecule has 0 atom stereocenters. The second-order valence-corrected chi connectivity index (χ2v) is 11.2. The average molecular weight is 535 g/mol. The number of hydrogen-bond acceptors (Lipinski definition) is 0. The van der Waals surface area contributed by atoms with Crippen LogP contribution in [0.25, 0.3) is 33.0 Å². The maximum Gasteiger partial charge on any atom is -0.0152 e. The van der Waals surface area contributed by atoms with Gasteiger partial charge in [-0.3, -0.25) is 0 Å². The van der Waals surface area contributed by atoms with Gasteiger partial charge in [0, 0.05) is 0 Å². The lowest BCUT2D eigenvalue weighted by molar-refractivity contribution is 1.38. The Hall–Kier alpha value is -4.42. The second-order valence-electron chi connectivity index (χ2n) is 11.2. The number of hydrogen-bond donors (Lipinski definition) is 0. The molecule has 0 spiro atoms. The van der Waals surface area contributed by atoms with Crippen molar-refractivity contribution in [2.45, 2.75) is 48.5 Å². The van der Waals surface area contributed by atoms with Gasteiger partial charge in [-0.25, -0.2) is 0 Å². The van der Waals surface area contributed by atoms with E-state index in [2.05, 4.69) is 176 Å². The third-order valence-electron chi connectivity index (χ3n) is 7.54. The maximum absolute atomic E-state index is 2.23. The van der Waals surface area contributed by atoms with Gasteiger partial charge in [-0.1, -0.05) is 150 Å². The molecule has 0 unspecified atom stereocenters. The van der Waals surface area contributed by atoms with Crippen molar-refractivity contribution in [3.05, 3.63) is 166 Å². The molecule has 206 valence electrons. The molecule has 0 aliphatic carbocycles. The topological polar surface area (TPSA) is 0 Å². The molecule has 0 bridgehead atoms. The molecule has 41 heavy (non-hydrogen) atoms. The lowest BCUT2D eigenvalue weighted by atomic mass is 9.98. The summed E-state index contributed by atoms with van der Waals surface area (Å²) in [6.07, 6.45) is 0. The van der Waals surface area contributed by atoms with Crippen LogP contribution in [0.4, 0.5) is 0 Å². The van der Waals surface area contributed by atoms with E-state index < -0.39 is 0 Å². The number of rotatable bonds is 2. The van der Waals surface area contributed by atoms with Gasteiger partial charge in [0.25, 0.3) is 0 Å². The fourth-order valence-electron chi connectivity index (χ4n) is 4.99. The van der Waals surface area contributed by atoms with E-state index in [0.717, 1.165) is 0 Å². The molecule has 0 amide bonds. The van der Waals surface area contributed by atoms with Crippen LogP contribution in [-0.4, -0.2) is 0 Å². The van der Waals surface area contributed by atoms with Crippen LogP contribution in [0.5, 0.6) is 0 Å². The van der Waals surface area contributed by atoms with Gasteiger partial charge in [0.2, 0.25) is 0 Å². The third-order valence-corrected chi connectivity index (χ3v) is 7.54. The van der Waals surface area contributed by atoms with E-state index in [4.69, 9.17) is 0 Å². The van der Waals surface area contributed by atoms with Gasteiger partial charge in [0.15, 0.2) is 0 Å².